The van der Waals surface area contributed by atoms with Gasteiger partial charge in [0.05, 0.1) is 0 Å². The maximum absolute atomic E-state index is 4.04. The van der Waals surface area contributed by atoms with Gasteiger partial charge in [0.2, 0.25) is 0 Å². The van der Waals surface area contributed by atoms with Crippen LogP contribution in [0.5, 0.6) is 0 Å². The molecule has 0 aromatic heterocycles. The van der Waals surface area contributed by atoms with Crippen molar-refractivity contribution >= 4 is 8.72 Å². The van der Waals surface area contributed by atoms with Crippen molar-refractivity contribution in [2.45, 2.75) is 80.1 Å². The minimum Gasteiger partial charge on any atom is -0.300 e. The maximum atomic E-state index is 4.04. The zero-order chi connectivity index (χ0) is 17.6. The molecule has 0 aliphatic carbocycles. The van der Waals surface area contributed by atoms with Crippen LogP contribution in [0.15, 0.2) is 0 Å². The second kappa shape index (κ2) is 14.4. The largest absolute Gasteiger partial charge is 0.371 e. The van der Waals surface area contributed by atoms with E-state index in [1.54, 1.807) is 0 Å². The average Bonchev–Trinajstić information content (AvgIpc) is 2.55. The summed E-state index contributed by atoms with van der Waals surface area (Å²) in [7, 11) is -2.01. The zero-order valence-corrected chi connectivity index (χ0v) is 17.9. The summed E-state index contributed by atoms with van der Waals surface area (Å²) in [5, 5.41) is 0. The van der Waals surface area contributed by atoms with Crippen molar-refractivity contribution in [3.05, 3.63) is 0 Å². The summed E-state index contributed by atoms with van der Waals surface area (Å²) >= 11 is 0. The van der Waals surface area contributed by atoms with Crippen molar-refractivity contribution in [3.63, 3.8) is 0 Å². The van der Waals surface area contributed by atoms with Crippen LogP contribution < -0.4 is 9.96 Å². The summed E-state index contributed by atoms with van der Waals surface area (Å²) in [6.07, 6.45) is 7.29. The molecule has 0 rings (SSSR count). The van der Waals surface area contributed by atoms with Crippen molar-refractivity contribution in [1.82, 2.24) is 19.1 Å². The summed E-state index contributed by atoms with van der Waals surface area (Å²) in [5.74, 6) is 0. The van der Waals surface area contributed by atoms with Crippen LogP contribution in [0.25, 0.3) is 0 Å². The quantitative estimate of drug-likeness (QED) is 0.418. The lowest BCUT2D eigenvalue weighted by Gasteiger charge is -2.49. The molecule has 0 aromatic carbocycles. The van der Waals surface area contributed by atoms with Crippen LogP contribution >= 0.6 is 0 Å². The molecule has 0 aliphatic rings. The lowest BCUT2D eigenvalue weighted by atomic mass is 10.4. The van der Waals surface area contributed by atoms with Crippen molar-refractivity contribution in [1.29, 1.82) is 0 Å². The van der Waals surface area contributed by atoms with Crippen LogP contribution in [0.4, 0.5) is 0 Å². The van der Waals surface area contributed by atoms with Crippen LogP contribution in [0.1, 0.15) is 80.1 Å². The Morgan fingerprint density at radius 2 is 0.826 bits per heavy atom. The first-order chi connectivity index (χ1) is 11.2. The van der Waals surface area contributed by atoms with E-state index in [1.807, 2.05) is 0 Å². The molecule has 5 heteroatoms. The highest BCUT2D eigenvalue weighted by Crippen LogP contribution is 2.14. The van der Waals surface area contributed by atoms with Gasteiger partial charge in [0.15, 0.2) is 0 Å². The van der Waals surface area contributed by atoms with E-state index in [1.165, 1.54) is 64.7 Å². The Hall–Kier alpha value is 0.0569. The normalized spacial score (nSPS) is 12.5. The smallest absolute Gasteiger partial charge is 0.300 e. The van der Waals surface area contributed by atoms with Crippen molar-refractivity contribution in [2.24, 2.45) is 0 Å². The summed E-state index contributed by atoms with van der Waals surface area (Å²) in [6.45, 7) is 20.8. The third-order valence-corrected chi connectivity index (χ3v) is 8.34. The Kier molecular flexibility index (Phi) is 14.4. The molecule has 0 bridgehead atoms. The van der Waals surface area contributed by atoms with E-state index in [4.69, 9.17) is 0 Å². The Morgan fingerprint density at radius 1 is 0.522 bits per heavy atom. The van der Waals surface area contributed by atoms with Crippen LogP contribution in [0.2, 0.25) is 0 Å². The Balaban J connectivity index is 5.64. The Bertz CT molecular complexity index is 225. The van der Waals surface area contributed by atoms with Gasteiger partial charge in [0.1, 0.15) is 0 Å². The number of hydrogen-bond donors (Lipinski definition) is 2. The van der Waals surface area contributed by atoms with Gasteiger partial charge in [0, 0.05) is 0 Å². The molecule has 0 spiro atoms. The lowest BCUT2D eigenvalue weighted by Crippen LogP contribution is -2.82. The van der Waals surface area contributed by atoms with Gasteiger partial charge in [-0.1, -0.05) is 41.5 Å². The molecule has 2 N–H and O–H groups in total. The molecule has 0 saturated heterocycles. The van der Waals surface area contributed by atoms with Gasteiger partial charge >= 0.3 is 8.72 Å². The van der Waals surface area contributed by atoms with Crippen LogP contribution in [-0.4, -0.2) is 57.1 Å². The highest BCUT2D eigenvalue weighted by Gasteiger charge is 2.45. The van der Waals surface area contributed by atoms with E-state index in [9.17, 15) is 0 Å². The molecule has 4 nitrogen and oxygen atoms in total. The van der Waals surface area contributed by atoms with Crippen molar-refractivity contribution in [3.8, 4) is 0 Å². The van der Waals surface area contributed by atoms with E-state index in [0.717, 1.165) is 13.1 Å². The van der Waals surface area contributed by atoms with E-state index in [-0.39, 0.29) is 0 Å². The number of hydrogen-bond acceptors (Lipinski definition) is 4. The first kappa shape index (κ1) is 23.1. The summed E-state index contributed by atoms with van der Waals surface area (Å²) in [5.41, 5.74) is 0. The number of rotatable bonds is 16. The van der Waals surface area contributed by atoms with E-state index in [2.05, 4.69) is 60.6 Å². The molecule has 0 aromatic rings. The summed E-state index contributed by atoms with van der Waals surface area (Å²) in [4.78, 5) is 8.07. The predicted octanol–water partition coefficient (Wildman–Crippen LogP) is 3.67. The molecule has 140 valence electrons. The summed E-state index contributed by atoms with van der Waals surface area (Å²) < 4.78 is 5.56. The first-order valence-corrected chi connectivity index (χ1v) is 12.1. The molecular formula is C18H44N4Si. The Morgan fingerprint density at radius 3 is 1.04 bits per heavy atom. The van der Waals surface area contributed by atoms with Gasteiger partial charge < -0.3 is 9.96 Å². The van der Waals surface area contributed by atoms with Gasteiger partial charge in [-0.05, 0) is 77.8 Å². The van der Waals surface area contributed by atoms with Crippen LogP contribution in [0, 0.1) is 0 Å². The van der Waals surface area contributed by atoms with Crippen LogP contribution in [0.3, 0.4) is 0 Å². The monoisotopic (exact) mass is 344 g/mol. The topological polar surface area (TPSA) is 30.5 Å². The van der Waals surface area contributed by atoms with Gasteiger partial charge in [-0.2, -0.15) is 0 Å². The highest BCUT2D eigenvalue weighted by molar-refractivity contribution is 6.69. The second-order valence-electron chi connectivity index (χ2n) is 6.50. The van der Waals surface area contributed by atoms with E-state index in [0.29, 0.717) is 0 Å². The number of nitrogens with one attached hydrogen (secondary N) is 2. The fourth-order valence-corrected chi connectivity index (χ4v) is 8.06. The van der Waals surface area contributed by atoms with Crippen molar-refractivity contribution < 1.29 is 0 Å². The van der Waals surface area contributed by atoms with Gasteiger partial charge in [-0.15, -0.1) is 0 Å². The molecule has 0 unspecified atom stereocenters. The molecule has 0 aliphatic heterocycles. The molecule has 0 heterocycles. The van der Waals surface area contributed by atoms with Crippen LogP contribution in [-0.2, 0) is 0 Å². The fourth-order valence-electron chi connectivity index (χ4n) is 3.26. The third kappa shape index (κ3) is 7.65. The zero-order valence-electron chi connectivity index (χ0n) is 16.9. The SMILES string of the molecule is CCCN[Si](NCCC)(N(CCC)CCC)N(CCC)CCC. The minimum atomic E-state index is -2.01. The van der Waals surface area contributed by atoms with E-state index < -0.39 is 8.72 Å². The first-order valence-electron chi connectivity index (χ1n) is 10.2. The van der Waals surface area contributed by atoms with E-state index >= 15 is 0 Å². The molecule has 0 radical (unpaired) electrons. The molecule has 23 heavy (non-hydrogen) atoms. The predicted molar refractivity (Wildman–Crippen MR) is 107 cm³/mol. The molecule has 0 amide bonds. The second-order valence-corrected chi connectivity index (χ2v) is 9.82. The van der Waals surface area contributed by atoms with Gasteiger partial charge in [-0.25, -0.2) is 0 Å². The fraction of sp³-hybridized carbons (Fsp3) is 1.00. The van der Waals surface area contributed by atoms with Crippen molar-refractivity contribution in [2.75, 3.05) is 39.3 Å². The maximum Gasteiger partial charge on any atom is 0.371 e. The van der Waals surface area contributed by atoms with Gasteiger partial charge in [0.25, 0.3) is 0 Å². The Labute approximate surface area is 147 Å². The van der Waals surface area contributed by atoms with Gasteiger partial charge in [-0.3, -0.25) is 9.13 Å². The lowest BCUT2D eigenvalue weighted by molar-refractivity contribution is 0.287. The standard InChI is InChI=1S/C18H44N4Si/c1-7-13-19-23(20-14-8-2,21(15-9-3)16-10-4)22(17-11-5)18-12-6/h19-20H,7-18H2,1-6H3. The number of nitrogens with zero attached hydrogens (tertiary/aromatic N) is 2. The molecule has 0 atom stereocenters. The average molecular weight is 345 g/mol. The molecule has 0 fully saturated rings. The highest BCUT2D eigenvalue weighted by atomic mass is 28.4. The summed E-state index contributed by atoms with van der Waals surface area (Å²) in [6, 6.07) is 0. The molecular weight excluding hydrogens is 300 g/mol. The molecule has 0 saturated carbocycles. The third-order valence-electron chi connectivity index (χ3n) is 4.13. The minimum absolute atomic E-state index is 1.11.